The number of thiol groups is 2. The van der Waals surface area contributed by atoms with Crippen molar-refractivity contribution < 1.29 is 24.2 Å². The van der Waals surface area contributed by atoms with E-state index in [4.69, 9.17) is 9.47 Å². The van der Waals surface area contributed by atoms with Crippen molar-refractivity contribution in [3.05, 3.63) is 35.9 Å². The van der Waals surface area contributed by atoms with E-state index in [1.54, 1.807) is 27.7 Å². The maximum absolute atomic E-state index is 12.2. The monoisotopic (exact) mass is 428 g/mol. The molecular weight excluding hydrogens is 400 g/mol. The van der Waals surface area contributed by atoms with Crippen LogP contribution in [-0.2, 0) is 20.9 Å². The highest BCUT2D eigenvalue weighted by atomic mass is 32.2. The molecule has 28 heavy (non-hydrogen) atoms. The fraction of sp³-hybridized carbons (Fsp3) is 0.579. The number of aliphatic hydroxyl groups excluding tert-OH is 1. The topological polar surface area (TPSA) is 88.1 Å². The van der Waals surface area contributed by atoms with Crippen LogP contribution in [0, 0.1) is 0 Å². The minimum Gasteiger partial charge on any atom is -0.460 e. The van der Waals surface area contributed by atoms with Gasteiger partial charge in [-0.2, -0.15) is 25.3 Å². The summed E-state index contributed by atoms with van der Waals surface area (Å²) in [5.41, 5.74) is 0.234. The molecule has 1 aliphatic rings. The van der Waals surface area contributed by atoms with E-state index in [2.05, 4.69) is 30.6 Å². The molecule has 1 aliphatic heterocycles. The van der Waals surface area contributed by atoms with Crippen LogP contribution in [0.2, 0.25) is 0 Å². The van der Waals surface area contributed by atoms with Gasteiger partial charge in [-0.05, 0) is 33.3 Å². The molecule has 0 aliphatic carbocycles. The molecule has 1 saturated heterocycles. The van der Waals surface area contributed by atoms with E-state index in [1.165, 1.54) is 4.90 Å². The summed E-state index contributed by atoms with van der Waals surface area (Å²) < 4.78 is 9.42. The number of ether oxygens (including phenoxy) is 2. The largest absolute Gasteiger partial charge is 0.460 e. The lowest BCUT2D eigenvalue weighted by atomic mass is 9.92. The number of nitrogens with one attached hydrogen (secondary N) is 1. The maximum Gasteiger partial charge on any atom is 0.407 e. The Kier molecular flexibility index (Phi) is 7.30. The first-order chi connectivity index (χ1) is 12.9. The van der Waals surface area contributed by atoms with Crippen LogP contribution in [0.15, 0.2) is 30.3 Å². The number of benzene rings is 1. The standard InChI is InChI=1S/C19H28N2O5S2/c1-12(20-17(24)26-18(2,3)4)15-19(27,28)16(23)21(15)10-14(22)25-11-13-8-6-5-7-9-13/h5-9,12,15-16,23,27-28H,10-11H2,1-4H3,(H,20,24). The third-order valence-electron chi connectivity index (χ3n) is 4.26. The van der Waals surface area contributed by atoms with E-state index >= 15 is 0 Å². The van der Waals surface area contributed by atoms with Crippen molar-refractivity contribution in [3.63, 3.8) is 0 Å². The fourth-order valence-electron chi connectivity index (χ4n) is 3.06. The number of amides is 1. The lowest BCUT2D eigenvalue weighted by Gasteiger charge is -2.58. The molecule has 3 atom stereocenters. The molecule has 156 valence electrons. The number of rotatable bonds is 6. The summed E-state index contributed by atoms with van der Waals surface area (Å²) >= 11 is 8.80. The molecule has 9 heteroatoms. The van der Waals surface area contributed by atoms with E-state index < -0.39 is 40.1 Å². The van der Waals surface area contributed by atoms with E-state index in [9.17, 15) is 14.7 Å². The third-order valence-corrected chi connectivity index (χ3v) is 5.25. The highest BCUT2D eigenvalue weighted by Crippen LogP contribution is 2.45. The number of nitrogens with zero attached hydrogens (tertiary/aromatic N) is 1. The SMILES string of the molecule is CC(NC(=O)OC(C)(C)C)C1N(CC(=O)OCc2ccccc2)C(O)C1(S)S. The number of aliphatic hydroxyl groups is 1. The van der Waals surface area contributed by atoms with Crippen LogP contribution in [0.4, 0.5) is 4.79 Å². The predicted octanol–water partition coefficient (Wildman–Crippen LogP) is 2.20. The van der Waals surface area contributed by atoms with Crippen molar-refractivity contribution >= 4 is 37.3 Å². The lowest BCUT2D eigenvalue weighted by molar-refractivity contribution is -0.166. The Labute approximate surface area is 176 Å². The second kappa shape index (κ2) is 8.94. The maximum atomic E-state index is 12.2. The van der Waals surface area contributed by atoms with Crippen molar-refractivity contribution in [1.29, 1.82) is 0 Å². The molecule has 0 aromatic heterocycles. The molecule has 1 aromatic rings. The molecule has 0 bridgehead atoms. The molecule has 0 radical (unpaired) electrons. The first kappa shape index (κ1) is 22.9. The zero-order chi connectivity index (χ0) is 21.1. The van der Waals surface area contributed by atoms with E-state index in [-0.39, 0.29) is 13.2 Å². The number of alkyl carbamates (subject to hydrolysis) is 1. The number of hydrogen-bond acceptors (Lipinski definition) is 8. The molecule has 2 N–H and O–H groups in total. The Morgan fingerprint density at radius 3 is 2.46 bits per heavy atom. The Morgan fingerprint density at radius 1 is 1.29 bits per heavy atom. The fourth-order valence-corrected chi connectivity index (χ4v) is 4.10. The summed E-state index contributed by atoms with van der Waals surface area (Å²) in [5, 5.41) is 13.0. The van der Waals surface area contributed by atoms with Gasteiger partial charge in [0.15, 0.2) is 0 Å². The van der Waals surface area contributed by atoms with Crippen molar-refractivity contribution in [2.24, 2.45) is 0 Å². The van der Waals surface area contributed by atoms with E-state index in [0.29, 0.717) is 0 Å². The Morgan fingerprint density at radius 2 is 1.89 bits per heavy atom. The second-order valence-electron chi connectivity index (χ2n) is 7.86. The molecule has 0 spiro atoms. The number of carbonyl (C=O) groups is 2. The van der Waals surface area contributed by atoms with Gasteiger partial charge in [-0.25, -0.2) is 4.79 Å². The number of hydrogen-bond donors (Lipinski definition) is 4. The van der Waals surface area contributed by atoms with Gasteiger partial charge in [0.25, 0.3) is 0 Å². The zero-order valence-corrected chi connectivity index (χ0v) is 18.2. The molecule has 1 fully saturated rings. The van der Waals surface area contributed by atoms with Crippen LogP contribution in [0.25, 0.3) is 0 Å². The van der Waals surface area contributed by atoms with E-state index in [1.807, 2.05) is 30.3 Å². The van der Waals surface area contributed by atoms with Crippen molar-refractivity contribution in [3.8, 4) is 0 Å². The first-order valence-electron chi connectivity index (χ1n) is 8.99. The van der Waals surface area contributed by atoms with E-state index in [0.717, 1.165) is 5.56 Å². The normalized spacial score (nSPS) is 22.7. The highest BCUT2D eigenvalue weighted by molar-refractivity contribution is 8.00. The summed E-state index contributed by atoms with van der Waals surface area (Å²) in [4.78, 5) is 25.8. The smallest absolute Gasteiger partial charge is 0.407 e. The summed E-state index contributed by atoms with van der Waals surface area (Å²) in [7, 11) is 0. The van der Waals surface area contributed by atoms with Gasteiger partial charge in [0.2, 0.25) is 0 Å². The molecule has 0 saturated carbocycles. The van der Waals surface area contributed by atoms with Crippen LogP contribution in [-0.4, -0.2) is 56.6 Å². The number of carbonyl (C=O) groups excluding carboxylic acids is 2. The first-order valence-corrected chi connectivity index (χ1v) is 9.89. The van der Waals surface area contributed by atoms with Crippen molar-refractivity contribution in [2.75, 3.05) is 6.54 Å². The molecule has 1 heterocycles. The van der Waals surface area contributed by atoms with Crippen LogP contribution in [0.5, 0.6) is 0 Å². The van der Waals surface area contributed by atoms with Crippen LogP contribution >= 0.6 is 25.3 Å². The van der Waals surface area contributed by atoms with Gasteiger partial charge in [0, 0.05) is 6.04 Å². The van der Waals surface area contributed by atoms with Crippen molar-refractivity contribution in [1.82, 2.24) is 10.2 Å². The summed E-state index contributed by atoms with van der Waals surface area (Å²) in [6.07, 6.45) is -1.67. The molecule has 1 amide bonds. The van der Waals surface area contributed by atoms with Crippen LogP contribution in [0.1, 0.15) is 33.3 Å². The van der Waals surface area contributed by atoms with Gasteiger partial charge in [-0.15, -0.1) is 0 Å². The Balaban J connectivity index is 1.94. The molecular formula is C19H28N2O5S2. The van der Waals surface area contributed by atoms with Gasteiger partial charge in [-0.1, -0.05) is 30.3 Å². The number of likely N-dealkylation sites (tertiary alicyclic amines) is 1. The quantitative estimate of drug-likeness (QED) is 0.316. The van der Waals surface area contributed by atoms with Crippen LogP contribution in [0.3, 0.4) is 0 Å². The van der Waals surface area contributed by atoms with Gasteiger partial charge in [0.05, 0.1) is 12.6 Å². The van der Waals surface area contributed by atoms with Gasteiger partial charge in [0.1, 0.15) is 22.5 Å². The van der Waals surface area contributed by atoms with Crippen LogP contribution < -0.4 is 5.32 Å². The summed E-state index contributed by atoms with van der Waals surface area (Å²) in [5.74, 6) is -0.491. The van der Waals surface area contributed by atoms with Gasteiger partial charge < -0.3 is 19.9 Å². The lowest BCUT2D eigenvalue weighted by Crippen LogP contribution is -2.77. The van der Waals surface area contributed by atoms with Crippen molar-refractivity contribution in [2.45, 2.75) is 62.3 Å². The second-order valence-corrected chi connectivity index (χ2v) is 9.69. The van der Waals surface area contributed by atoms with Gasteiger partial charge >= 0.3 is 12.1 Å². The molecule has 7 nitrogen and oxygen atoms in total. The van der Waals surface area contributed by atoms with Gasteiger partial charge in [-0.3, -0.25) is 9.69 Å². The Bertz CT molecular complexity index is 693. The molecule has 1 aromatic carbocycles. The zero-order valence-electron chi connectivity index (χ0n) is 16.5. The minimum absolute atomic E-state index is 0.146. The third kappa shape index (κ3) is 5.79. The molecule has 3 unspecified atom stereocenters. The molecule has 2 rings (SSSR count). The average molecular weight is 429 g/mol. The predicted molar refractivity (Wildman–Crippen MR) is 112 cm³/mol. The summed E-state index contributed by atoms with van der Waals surface area (Å²) in [6, 6.07) is 8.32. The number of esters is 1. The minimum atomic E-state index is -1.10. The average Bonchev–Trinajstić information content (AvgIpc) is 2.58. The highest BCUT2D eigenvalue weighted by Gasteiger charge is 2.59. The Hall–Kier alpha value is -1.42. The summed E-state index contributed by atoms with van der Waals surface area (Å²) in [6.45, 7) is 7.03.